The number of carbonyl (C=O) groups is 2. The SMILES string of the molecule is COC(=O)COc1ccc(C(=O)NCC2(c3ccc(Cl)cc3Cl)CCOCC2)cc1OC. The van der Waals surface area contributed by atoms with Gasteiger partial charge in [-0.1, -0.05) is 29.3 Å². The Hall–Kier alpha value is -2.48. The van der Waals surface area contributed by atoms with Crippen LogP contribution in [0.5, 0.6) is 11.5 Å². The van der Waals surface area contributed by atoms with Crippen LogP contribution in [0, 0.1) is 0 Å². The molecule has 2 aromatic rings. The summed E-state index contributed by atoms with van der Waals surface area (Å²) in [5.74, 6) is -0.110. The maximum atomic E-state index is 12.9. The van der Waals surface area contributed by atoms with Crippen LogP contribution in [-0.4, -0.2) is 52.5 Å². The molecule has 32 heavy (non-hydrogen) atoms. The summed E-state index contributed by atoms with van der Waals surface area (Å²) < 4.78 is 20.8. The highest BCUT2D eigenvalue weighted by atomic mass is 35.5. The predicted octanol–water partition coefficient (Wildman–Crippen LogP) is 4.03. The normalized spacial score (nSPS) is 15.0. The van der Waals surface area contributed by atoms with E-state index >= 15 is 0 Å². The molecular weight excluding hydrogens is 457 g/mol. The van der Waals surface area contributed by atoms with Crippen LogP contribution in [0.25, 0.3) is 0 Å². The van der Waals surface area contributed by atoms with Gasteiger partial charge in [0, 0.05) is 40.8 Å². The fourth-order valence-corrected chi connectivity index (χ4v) is 4.31. The van der Waals surface area contributed by atoms with Crippen LogP contribution in [0.4, 0.5) is 0 Å². The monoisotopic (exact) mass is 481 g/mol. The Morgan fingerprint density at radius 3 is 2.47 bits per heavy atom. The van der Waals surface area contributed by atoms with Crippen molar-refractivity contribution in [2.24, 2.45) is 0 Å². The van der Waals surface area contributed by atoms with E-state index in [1.54, 1.807) is 30.3 Å². The Kier molecular flexibility index (Phi) is 8.23. The van der Waals surface area contributed by atoms with Gasteiger partial charge in [0.05, 0.1) is 14.2 Å². The van der Waals surface area contributed by atoms with Crippen LogP contribution >= 0.6 is 23.2 Å². The van der Waals surface area contributed by atoms with Gasteiger partial charge in [0.1, 0.15) is 0 Å². The summed E-state index contributed by atoms with van der Waals surface area (Å²) >= 11 is 12.6. The first-order chi connectivity index (χ1) is 15.4. The van der Waals surface area contributed by atoms with Crippen molar-refractivity contribution in [3.8, 4) is 11.5 Å². The summed E-state index contributed by atoms with van der Waals surface area (Å²) in [5.41, 5.74) is 0.983. The molecule has 172 valence electrons. The van der Waals surface area contributed by atoms with Gasteiger partial charge in [-0.25, -0.2) is 4.79 Å². The van der Waals surface area contributed by atoms with E-state index in [2.05, 4.69) is 10.1 Å². The lowest BCUT2D eigenvalue weighted by molar-refractivity contribution is -0.142. The van der Waals surface area contributed by atoms with Crippen molar-refractivity contribution in [3.63, 3.8) is 0 Å². The number of rotatable bonds is 8. The smallest absolute Gasteiger partial charge is 0.343 e. The lowest BCUT2D eigenvalue weighted by atomic mass is 9.74. The minimum absolute atomic E-state index is 0.259. The van der Waals surface area contributed by atoms with Gasteiger partial charge in [-0.2, -0.15) is 0 Å². The highest BCUT2D eigenvalue weighted by molar-refractivity contribution is 6.35. The summed E-state index contributed by atoms with van der Waals surface area (Å²) in [6, 6.07) is 10.2. The number of esters is 1. The first kappa shape index (κ1) is 24.2. The van der Waals surface area contributed by atoms with Crippen LogP contribution in [0.15, 0.2) is 36.4 Å². The third kappa shape index (κ3) is 5.65. The molecule has 1 amide bonds. The number of halogens is 2. The van der Waals surface area contributed by atoms with Gasteiger partial charge in [-0.05, 0) is 48.7 Å². The Labute approximate surface area is 196 Å². The second-order valence-corrected chi connectivity index (χ2v) is 8.27. The van der Waals surface area contributed by atoms with E-state index in [0.717, 1.165) is 18.4 Å². The first-order valence-corrected chi connectivity index (χ1v) is 10.8. The number of amides is 1. The van der Waals surface area contributed by atoms with E-state index in [9.17, 15) is 9.59 Å². The van der Waals surface area contributed by atoms with Gasteiger partial charge in [-0.15, -0.1) is 0 Å². The topological polar surface area (TPSA) is 83.1 Å². The lowest BCUT2D eigenvalue weighted by Gasteiger charge is -2.38. The molecule has 0 aliphatic carbocycles. The van der Waals surface area contributed by atoms with Crippen LogP contribution in [0.2, 0.25) is 10.0 Å². The third-order valence-corrected chi connectivity index (χ3v) is 6.09. The number of hydrogen-bond donors (Lipinski definition) is 1. The van der Waals surface area contributed by atoms with Crippen molar-refractivity contribution in [1.29, 1.82) is 0 Å². The number of benzene rings is 2. The van der Waals surface area contributed by atoms with Gasteiger partial charge in [0.2, 0.25) is 0 Å². The maximum absolute atomic E-state index is 12.9. The quantitative estimate of drug-likeness (QED) is 0.573. The molecule has 0 saturated carbocycles. The zero-order valence-corrected chi connectivity index (χ0v) is 19.4. The van der Waals surface area contributed by atoms with Crippen LogP contribution in [-0.2, 0) is 19.7 Å². The molecule has 3 rings (SSSR count). The number of ether oxygens (including phenoxy) is 4. The summed E-state index contributed by atoms with van der Waals surface area (Å²) in [6.07, 6.45) is 1.44. The van der Waals surface area contributed by atoms with Gasteiger partial charge >= 0.3 is 5.97 Å². The minimum atomic E-state index is -0.517. The Bertz CT molecular complexity index is 975. The Balaban J connectivity index is 1.75. The van der Waals surface area contributed by atoms with Crippen molar-refractivity contribution in [1.82, 2.24) is 5.32 Å². The average molecular weight is 482 g/mol. The zero-order chi connectivity index (χ0) is 23.1. The highest BCUT2D eigenvalue weighted by Crippen LogP contribution is 2.39. The first-order valence-electron chi connectivity index (χ1n) is 10.1. The average Bonchev–Trinajstić information content (AvgIpc) is 2.81. The van der Waals surface area contributed by atoms with E-state index in [1.165, 1.54) is 14.2 Å². The third-order valence-electron chi connectivity index (χ3n) is 5.54. The molecule has 0 atom stereocenters. The fraction of sp³-hybridized carbons (Fsp3) is 0.391. The molecule has 2 aromatic carbocycles. The molecule has 1 N–H and O–H groups in total. The number of hydrogen-bond acceptors (Lipinski definition) is 6. The second-order valence-electron chi connectivity index (χ2n) is 7.43. The molecule has 0 spiro atoms. The molecule has 0 aromatic heterocycles. The molecule has 9 heteroatoms. The van der Waals surface area contributed by atoms with Crippen LogP contribution in [0.3, 0.4) is 0 Å². The predicted molar refractivity (Wildman–Crippen MR) is 121 cm³/mol. The van der Waals surface area contributed by atoms with Crippen molar-refractivity contribution in [2.45, 2.75) is 18.3 Å². The summed E-state index contributed by atoms with van der Waals surface area (Å²) in [5, 5.41) is 4.16. The Morgan fingerprint density at radius 2 is 1.81 bits per heavy atom. The molecule has 7 nitrogen and oxygen atoms in total. The standard InChI is InChI=1S/C23H25Cl2NO6/c1-29-20-11-15(3-6-19(20)32-13-21(27)30-2)22(28)26-14-23(7-9-31-10-8-23)17-5-4-16(24)12-18(17)25/h3-6,11-12H,7-10,13-14H2,1-2H3,(H,26,28). The maximum Gasteiger partial charge on any atom is 0.343 e. The number of methoxy groups -OCH3 is 2. The molecule has 0 radical (unpaired) electrons. The summed E-state index contributed by atoms with van der Waals surface area (Å²) in [7, 11) is 2.74. The van der Waals surface area contributed by atoms with E-state index in [1.807, 2.05) is 6.07 Å². The molecule has 1 saturated heterocycles. The number of carbonyl (C=O) groups excluding carboxylic acids is 2. The Morgan fingerprint density at radius 1 is 1.06 bits per heavy atom. The van der Waals surface area contributed by atoms with E-state index in [-0.39, 0.29) is 17.9 Å². The van der Waals surface area contributed by atoms with E-state index < -0.39 is 5.97 Å². The van der Waals surface area contributed by atoms with Gasteiger partial charge in [-0.3, -0.25) is 4.79 Å². The molecule has 1 fully saturated rings. The lowest BCUT2D eigenvalue weighted by Crippen LogP contribution is -2.44. The molecule has 1 aliphatic rings. The highest BCUT2D eigenvalue weighted by Gasteiger charge is 2.36. The minimum Gasteiger partial charge on any atom is -0.493 e. The second kappa shape index (κ2) is 10.9. The summed E-state index contributed by atoms with van der Waals surface area (Å²) in [4.78, 5) is 24.2. The van der Waals surface area contributed by atoms with Crippen molar-refractivity contribution in [3.05, 3.63) is 57.6 Å². The fourth-order valence-electron chi connectivity index (χ4n) is 3.70. The number of nitrogens with one attached hydrogen (secondary N) is 1. The molecule has 1 aliphatic heterocycles. The van der Waals surface area contributed by atoms with Crippen molar-refractivity contribution >= 4 is 35.1 Å². The largest absolute Gasteiger partial charge is 0.493 e. The zero-order valence-electron chi connectivity index (χ0n) is 17.9. The molecule has 1 heterocycles. The van der Waals surface area contributed by atoms with Gasteiger partial charge in [0.25, 0.3) is 5.91 Å². The molecule has 0 unspecified atom stereocenters. The molecular formula is C23H25Cl2NO6. The van der Waals surface area contributed by atoms with Crippen LogP contribution in [0.1, 0.15) is 28.8 Å². The van der Waals surface area contributed by atoms with Crippen LogP contribution < -0.4 is 14.8 Å². The molecule has 0 bridgehead atoms. The van der Waals surface area contributed by atoms with Gasteiger partial charge in [0.15, 0.2) is 18.1 Å². The summed E-state index contributed by atoms with van der Waals surface area (Å²) in [6.45, 7) is 1.29. The van der Waals surface area contributed by atoms with Crippen molar-refractivity contribution < 1.29 is 28.5 Å². The van der Waals surface area contributed by atoms with Gasteiger partial charge < -0.3 is 24.3 Å². The van der Waals surface area contributed by atoms with Crippen molar-refractivity contribution in [2.75, 3.05) is 40.6 Å². The van der Waals surface area contributed by atoms with E-state index in [4.69, 9.17) is 37.4 Å². The van der Waals surface area contributed by atoms with E-state index in [0.29, 0.717) is 46.9 Å².